The van der Waals surface area contributed by atoms with Gasteiger partial charge >= 0.3 is 0 Å². The molecule has 0 radical (unpaired) electrons. The van der Waals surface area contributed by atoms with Crippen molar-refractivity contribution < 1.29 is 4.79 Å². The van der Waals surface area contributed by atoms with E-state index in [1.54, 1.807) is 0 Å². The molecule has 1 aliphatic heterocycles. The molecule has 1 saturated carbocycles. The number of amides is 1. The number of carbonyl (C=O) groups is 1. The van der Waals surface area contributed by atoms with Crippen LogP contribution in [-0.2, 0) is 11.3 Å². The fraction of sp³-hybridized carbons (Fsp3) is 0.500. The van der Waals surface area contributed by atoms with Crippen LogP contribution in [0, 0.1) is 11.3 Å². The highest BCUT2D eigenvalue weighted by Crippen LogP contribution is 2.32. The lowest BCUT2D eigenvalue weighted by Crippen LogP contribution is -2.43. The largest absolute Gasteiger partial charge is 0.338 e. The Hall–Kier alpha value is -1.86. The molecule has 1 aromatic rings. The average molecular weight is 269 g/mol. The van der Waals surface area contributed by atoms with Crippen LogP contribution in [0.1, 0.15) is 36.3 Å². The molecule has 1 aliphatic carbocycles. The third-order valence-corrected chi connectivity index (χ3v) is 4.13. The second kappa shape index (κ2) is 5.64. The van der Waals surface area contributed by atoms with Crippen LogP contribution >= 0.6 is 0 Å². The summed E-state index contributed by atoms with van der Waals surface area (Å²) in [4.78, 5) is 14.8. The van der Waals surface area contributed by atoms with Crippen LogP contribution in [0.5, 0.6) is 0 Å². The highest BCUT2D eigenvalue weighted by atomic mass is 16.2. The first-order valence-electron chi connectivity index (χ1n) is 7.27. The van der Waals surface area contributed by atoms with Gasteiger partial charge in [-0.2, -0.15) is 5.26 Å². The molecule has 20 heavy (non-hydrogen) atoms. The summed E-state index contributed by atoms with van der Waals surface area (Å²) in [6.07, 6.45) is 2.59. The average Bonchev–Trinajstić information content (AvgIpc) is 3.31. The molecule has 1 atom stereocenters. The number of nitrogens with zero attached hydrogens (tertiary/aromatic N) is 2. The zero-order chi connectivity index (χ0) is 13.9. The van der Waals surface area contributed by atoms with Crippen molar-refractivity contribution in [1.29, 1.82) is 5.26 Å². The highest BCUT2D eigenvalue weighted by molar-refractivity contribution is 5.85. The molecule has 1 fully saturated rings. The summed E-state index contributed by atoms with van der Waals surface area (Å²) in [6.45, 7) is 2.10. The lowest BCUT2D eigenvalue weighted by Gasteiger charge is -2.31. The smallest absolute Gasteiger partial charge is 0.231 e. The minimum absolute atomic E-state index is 0.0979. The number of benzene rings is 1. The summed E-state index contributed by atoms with van der Waals surface area (Å²) in [7, 11) is 0. The van der Waals surface area contributed by atoms with Crippen LogP contribution in [0.3, 0.4) is 0 Å². The minimum Gasteiger partial charge on any atom is -0.338 e. The Morgan fingerprint density at radius 1 is 1.40 bits per heavy atom. The molecule has 0 bridgehead atoms. The number of nitrogens with one attached hydrogen (secondary N) is 1. The van der Waals surface area contributed by atoms with Crippen molar-refractivity contribution in [3.05, 3.63) is 35.4 Å². The monoisotopic (exact) mass is 269 g/mol. The van der Waals surface area contributed by atoms with Crippen LogP contribution < -0.4 is 5.32 Å². The third-order valence-electron chi connectivity index (χ3n) is 4.13. The van der Waals surface area contributed by atoms with Gasteiger partial charge in [0.15, 0.2) is 0 Å². The molecule has 0 spiro atoms. The molecular formula is C16H19N3O. The van der Waals surface area contributed by atoms with E-state index in [0.717, 1.165) is 24.9 Å². The Morgan fingerprint density at radius 2 is 2.20 bits per heavy atom. The van der Waals surface area contributed by atoms with Crippen LogP contribution in [0.15, 0.2) is 24.3 Å². The lowest BCUT2D eigenvalue weighted by atomic mass is 9.89. The standard InChI is InChI=1S/C16H19N3O/c17-8-3-9-19(13-6-7-13)16(20)15-11-18-10-12-4-1-2-5-14(12)15/h1-2,4-5,13,15,18H,3,6-7,9-11H2. The molecule has 1 N–H and O–H groups in total. The SMILES string of the molecule is N#CCCN(C(=O)C1CNCc2ccccc21)C1CC1. The van der Waals surface area contributed by atoms with Crippen molar-refractivity contribution in [2.75, 3.05) is 13.1 Å². The molecule has 1 aromatic carbocycles. The van der Waals surface area contributed by atoms with Gasteiger partial charge in [-0.3, -0.25) is 4.79 Å². The Kier molecular flexibility index (Phi) is 3.70. The van der Waals surface area contributed by atoms with E-state index < -0.39 is 0 Å². The first kappa shape index (κ1) is 13.1. The van der Waals surface area contributed by atoms with Gasteiger partial charge in [0.25, 0.3) is 0 Å². The van der Waals surface area contributed by atoms with Gasteiger partial charge in [-0.25, -0.2) is 0 Å². The quantitative estimate of drug-likeness (QED) is 0.906. The van der Waals surface area contributed by atoms with Gasteiger partial charge in [-0.15, -0.1) is 0 Å². The minimum atomic E-state index is -0.0979. The fourth-order valence-corrected chi connectivity index (χ4v) is 2.95. The van der Waals surface area contributed by atoms with Gasteiger partial charge in [0, 0.05) is 25.7 Å². The zero-order valence-corrected chi connectivity index (χ0v) is 11.5. The summed E-state index contributed by atoms with van der Waals surface area (Å²) in [5.74, 6) is 0.0849. The Morgan fingerprint density at radius 3 is 2.95 bits per heavy atom. The van der Waals surface area contributed by atoms with Crippen LogP contribution in [0.25, 0.3) is 0 Å². The molecule has 1 unspecified atom stereocenters. The number of carbonyl (C=O) groups excluding carboxylic acids is 1. The highest BCUT2D eigenvalue weighted by Gasteiger charge is 2.37. The van der Waals surface area contributed by atoms with Crippen LogP contribution in [0.4, 0.5) is 0 Å². The van der Waals surface area contributed by atoms with Gasteiger partial charge in [-0.1, -0.05) is 24.3 Å². The normalized spacial score (nSPS) is 20.9. The predicted molar refractivity (Wildman–Crippen MR) is 75.9 cm³/mol. The van der Waals surface area contributed by atoms with E-state index in [9.17, 15) is 4.79 Å². The Bertz CT molecular complexity index is 545. The van der Waals surface area contributed by atoms with Crippen molar-refractivity contribution in [2.45, 2.75) is 37.8 Å². The van der Waals surface area contributed by atoms with E-state index >= 15 is 0 Å². The van der Waals surface area contributed by atoms with E-state index in [2.05, 4.69) is 23.5 Å². The first-order valence-corrected chi connectivity index (χ1v) is 7.27. The fourth-order valence-electron chi connectivity index (χ4n) is 2.95. The molecule has 3 rings (SSSR count). The Labute approximate surface area is 119 Å². The molecule has 2 aliphatic rings. The van der Waals surface area contributed by atoms with Crippen molar-refractivity contribution in [3.8, 4) is 6.07 Å². The number of hydrogen-bond donors (Lipinski definition) is 1. The second-order valence-electron chi connectivity index (χ2n) is 5.55. The zero-order valence-electron chi connectivity index (χ0n) is 11.5. The second-order valence-corrected chi connectivity index (χ2v) is 5.55. The molecule has 1 heterocycles. The van der Waals surface area contributed by atoms with Crippen LogP contribution in [0.2, 0.25) is 0 Å². The van der Waals surface area contributed by atoms with Crippen LogP contribution in [-0.4, -0.2) is 29.9 Å². The maximum absolute atomic E-state index is 12.8. The molecule has 1 amide bonds. The van der Waals surface area contributed by atoms with Crippen molar-refractivity contribution in [2.24, 2.45) is 0 Å². The van der Waals surface area contributed by atoms with Crippen molar-refractivity contribution >= 4 is 5.91 Å². The first-order chi connectivity index (χ1) is 9.81. The van der Waals surface area contributed by atoms with Gasteiger partial charge < -0.3 is 10.2 Å². The van der Waals surface area contributed by atoms with Gasteiger partial charge in [-0.05, 0) is 24.0 Å². The molecule has 0 aromatic heterocycles. The number of hydrogen-bond acceptors (Lipinski definition) is 3. The predicted octanol–water partition coefficient (Wildman–Crippen LogP) is 1.78. The molecule has 4 nitrogen and oxygen atoms in total. The summed E-state index contributed by atoms with van der Waals surface area (Å²) in [5, 5.41) is 12.1. The van der Waals surface area contributed by atoms with Gasteiger partial charge in [0.05, 0.1) is 18.4 Å². The molecular weight excluding hydrogens is 250 g/mol. The number of rotatable bonds is 4. The van der Waals surface area contributed by atoms with Crippen molar-refractivity contribution in [1.82, 2.24) is 10.2 Å². The number of fused-ring (bicyclic) bond motifs is 1. The van der Waals surface area contributed by atoms with E-state index in [1.165, 1.54) is 5.56 Å². The lowest BCUT2D eigenvalue weighted by molar-refractivity contribution is -0.133. The van der Waals surface area contributed by atoms with Gasteiger partial charge in [0.1, 0.15) is 0 Å². The summed E-state index contributed by atoms with van der Waals surface area (Å²) >= 11 is 0. The van der Waals surface area contributed by atoms with E-state index in [1.807, 2.05) is 17.0 Å². The van der Waals surface area contributed by atoms with E-state index in [-0.39, 0.29) is 11.8 Å². The van der Waals surface area contributed by atoms with E-state index in [0.29, 0.717) is 25.6 Å². The molecule has 104 valence electrons. The molecule has 4 heteroatoms. The molecule has 0 saturated heterocycles. The summed E-state index contributed by atoms with van der Waals surface area (Å²) in [6, 6.07) is 10.7. The third kappa shape index (κ3) is 2.54. The summed E-state index contributed by atoms with van der Waals surface area (Å²) < 4.78 is 0. The maximum atomic E-state index is 12.8. The van der Waals surface area contributed by atoms with E-state index in [4.69, 9.17) is 5.26 Å². The number of nitriles is 1. The Balaban J connectivity index is 1.81. The summed E-state index contributed by atoms with van der Waals surface area (Å²) in [5.41, 5.74) is 2.37. The topological polar surface area (TPSA) is 56.1 Å². The van der Waals surface area contributed by atoms with Gasteiger partial charge in [0.2, 0.25) is 5.91 Å². The van der Waals surface area contributed by atoms with Crippen molar-refractivity contribution in [3.63, 3.8) is 0 Å². The maximum Gasteiger partial charge on any atom is 0.231 e.